The van der Waals surface area contributed by atoms with E-state index in [9.17, 15) is 4.79 Å². The van der Waals surface area contributed by atoms with E-state index >= 15 is 0 Å². The number of nitrogens with zero attached hydrogens (tertiary/aromatic N) is 1. The average Bonchev–Trinajstić information content (AvgIpc) is 2.96. The summed E-state index contributed by atoms with van der Waals surface area (Å²) in [4.78, 5) is 14.3. The average molecular weight is 330 g/mol. The molecule has 1 aromatic heterocycles. The minimum atomic E-state index is -0.139. The molecule has 1 aromatic carbocycles. The van der Waals surface area contributed by atoms with Gasteiger partial charge in [-0.25, -0.2) is 4.79 Å². The van der Waals surface area contributed by atoms with E-state index in [1.807, 2.05) is 63.2 Å². The number of aryl methyl sites for hydroxylation is 1. The maximum Gasteiger partial charge on any atom is 0.322 e. The Hall–Kier alpha value is -2.27. The molecule has 2 aromatic rings. The topological polar surface area (TPSA) is 54.7 Å². The first-order chi connectivity index (χ1) is 11.5. The number of rotatable bonds is 8. The quantitative estimate of drug-likeness (QED) is 0.728. The fourth-order valence-corrected chi connectivity index (χ4v) is 2.31. The third-order valence-corrected chi connectivity index (χ3v) is 3.48. The molecule has 0 radical (unpaired) electrons. The molecular weight excluding hydrogens is 304 g/mol. The van der Waals surface area contributed by atoms with E-state index in [1.165, 1.54) is 0 Å². The van der Waals surface area contributed by atoms with Crippen molar-refractivity contribution in [2.24, 2.45) is 0 Å². The summed E-state index contributed by atoms with van der Waals surface area (Å²) in [6.45, 7) is 7.58. The van der Waals surface area contributed by atoms with Crippen LogP contribution in [0.3, 0.4) is 0 Å². The SMILES string of the molecule is Cc1ccc(CN(CCCOC(C)C)C(=O)Nc2ccccc2)o1. The zero-order chi connectivity index (χ0) is 17.4. The van der Waals surface area contributed by atoms with Crippen LogP contribution in [0.15, 0.2) is 46.9 Å². The Morgan fingerprint density at radius 2 is 1.96 bits per heavy atom. The second kappa shape index (κ2) is 9.13. The van der Waals surface area contributed by atoms with Crippen molar-refractivity contribution in [3.63, 3.8) is 0 Å². The highest BCUT2D eigenvalue weighted by Gasteiger charge is 2.16. The maximum atomic E-state index is 12.6. The molecule has 0 saturated carbocycles. The van der Waals surface area contributed by atoms with Crippen molar-refractivity contribution in [3.8, 4) is 0 Å². The minimum Gasteiger partial charge on any atom is -0.464 e. The molecule has 0 fully saturated rings. The Bertz CT molecular complexity index is 623. The van der Waals surface area contributed by atoms with Crippen LogP contribution in [-0.2, 0) is 11.3 Å². The molecule has 0 bridgehead atoms. The summed E-state index contributed by atoms with van der Waals surface area (Å²) in [5, 5.41) is 2.92. The first-order valence-corrected chi connectivity index (χ1v) is 8.32. The maximum absolute atomic E-state index is 12.6. The van der Waals surface area contributed by atoms with E-state index in [0.29, 0.717) is 19.7 Å². The van der Waals surface area contributed by atoms with Crippen LogP contribution in [0, 0.1) is 6.92 Å². The van der Waals surface area contributed by atoms with E-state index < -0.39 is 0 Å². The number of anilines is 1. The van der Waals surface area contributed by atoms with Crippen molar-refractivity contribution in [2.45, 2.75) is 39.8 Å². The molecule has 0 spiro atoms. The van der Waals surface area contributed by atoms with Crippen LogP contribution in [0.25, 0.3) is 0 Å². The molecule has 2 amide bonds. The molecule has 1 N–H and O–H groups in total. The lowest BCUT2D eigenvalue weighted by Crippen LogP contribution is -2.35. The number of nitrogens with one attached hydrogen (secondary N) is 1. The highest BCUT2D eigenvalue weighted by atomic mass is 16.5. The number of urea groups is 1. The molecule has 0 aliphatic rings. The fraction of sp³-hybridized carbons (Fsp3) is 0.421. The van der Waals surface area contributed by atoms with Gasteiger partial charge in [-0.2, -0.15) is 0 Å². The lowest BCUT2D eigenvalue weighted by molar-refractivity contribution is 0.0721. The molecule has 24 heavy (non-hydrogen) atoms. The van der Waals surface area contributed by atoms with Gasteiger partial charge < -0.3 is 19.4 Å². The third kappa shape index (κ3) is 6.08. The van der Waals surface area contributed by atoms with Gasteiger partial charge in [-0.05, 0) is 51.5 Å². The van der Waals surface area contributed by atoms with Crippen LogP contribution in [0.4, 0.5) is 10.5 Å². The Morgan fingerprint density at radius 1 is 1.21 bits per heavy atom. The number of amides is 2. The first-order valence-electron chi connectivity index (χ1n) is 8.32. The van der Waals surface area contributed by atoms with Crippen molar-refractivity contribution in [2.75, 3.05) is 18.5 Å². The lowest BCUT2D eigenvalue weighted by Gasteiger charge is -2.22. The lowest BCUT2D eigenvalue weighted by atomic mass is 10.3. The molecule has 0 aliphatic heterocycles. The van der Waals surface area contributed by atoms with E-state index in [0.717, 1.165) is 23.6 Å². The normalized spacial score (nSPS) is 10.8. The predicted molar refractivity (Wildman–Crippen MR) is 95.0 cm³/mol. The van der Waals surface area contributed by atoms with E-state index in [1.54, 1.807) is 4.90 Å². The van der Waals surface area contributed by atoms with Crippen molar-refractivity contribution >= 4 is 11.7 Å². The molecule has 1 heterocycles. The van der Waals surface area contributed by atoms with Crippen molar-refractivity contribution in [3.05, 3.63) is 54.0 Å². The van der Waals surface area contributed by atoms with Crippen LogP contribution in [0.1, 0.15) is 31.8 Å². The molecule has 0 aliphatic carbocycles. The van der Waals surface area contributed by atoms with Crippen molar-refractivity contribution in [1.82, 2.24) is 4.90 Å². The van der Waals surface area contributed by atoms with Gasteiger partial charge in [0.1, 0.15) is 11.5 Å². The Balaban J connectivity index is 1.96. The van der Waals surface area contributed by atoms with Gasteiger partial charge in [0.15, 0.2) is 0 Å². The number of hydrogen-bond acceptors (Lipinski definition) is 3. The van der Waals surface area contributed by atoms with Crippen LogP contribution in [0.5, 0.6) is 0 Å². The summed E-state index contributed by atoms with van der Waals surface area (Å²) < 4.78 is 11.2. The third-order valence-electron chi connectivity index (χ3n) is 3.48. The van der Waals surface area contributed by atoms with E-state index in [2.05, 4.69) is 5.32 Å². The summed E-state index contributed by atoms with van der Waals surface area (Å²) in [5.41, 5.74) is 0.779. The largest absolute Gasteiger partial charge is 0.464 e. The summed E-state index contributed by atoms with van der Waals surface area (Å²) in [6, 6.07) is 13.1. The summed E-state index contributed by atoms with van der Waals surface area (Å²) >= 11 is 0. The molecule has 2 rings (SSSR count). The van der Waals surface area contributed by atoms with Gasteiger partial charge >= 0.3 is 6.03 Å². The number of para-hydroxylation sites is 1. The Kier molecular flexibility index (Phi) is 6.88. The van der Waals surface area contributed by atoms with Crippen molar-refractivity contribution in [1.29, 1.82) is 0 Å². The van der Waals surface area contributed by atoms with Gasteiger partial charge in [0.25, 0.3) is 0 Å². The minimum absolute atomic E-state index is 0.139. The smallest absolute Gasteiger partial charge is 0.322 e. The van der Waals surface area contributed by atoms with E-state index in [-0.39, 0.29) is 12.1 Å². The fourth-order valence-electron chi connectivity index (χ4n) is 2.31. The Morgan fingerprint density at radius 3 is 2.58 bits per heavy atom. The Labute approximate surface area is 143 Å². The van der Waals surface area contributed by atoms with Gasteiger partial charge in [-0.3, -0.25) is 0 Å². The monoisotopic (exact) mass is 330 g/mol. The highest BCUT2D eigenvalue weighted by Crippen LogP contribution is 2.13. The molecule has 5 nitrogen and oxygen atoms in total. The molecule has 0 unspecified atom stereocenters. The van der Waals surface area contributed by atoms with Crippen LogP contribution < -0.4 is 5.32 Å². The second-order valence-corrected chi connectivity index (χ2v) is 6.00. The van der Waals surface area contributed by atoms with Crippen LogP contribution >= 0.6 is 0 Å². The number of hydrogen-bond donors (Lipinski definition) is 1. The van der Waals surface area contributed by atoms with Crippen molar-refractivity contribution < 1.29 is 13.9 Å². The summed E-state index contributed by atoms with van der Waals surface area (Å²) in [5.74, 6) is 1.62. The van der Waals surface area contributed by atoms with Crippen LogP contribution in [-0.4, -0.2) is 30.2 Å². The molecule has 5 heteroatoms. The summed E-state index contributed by atoms with van der Waals surface area (Å²) in [7, 11) is 0. The second-order valence-electron chi connectivity index (χ2n) is 6.00. The van der Waals surface area contributed by atoms with Gasteiger partial charge in [0, 0.05) is 18.8 Å². The molecule has 130 valence electrons. The molecular formula is C19H26N2O3. The zero-order valence-electron chi connectivity index (χ0n) is 14.6. The predicted octanol–water partition coefficient (Wildman–Crippen LogP) is 4.44. The van der Waals surface area contributed by atoms with E-state index in [4.69, 9.17) is 9.15 Å². The zero-order valence-corrected chi connectivity index (χ0v) is 14.6. The van der Waals surface area contributed by atoms with Crippen LogP contribution in [0.2, 0.25) is 0 Å². The standard InChI is InChI=1S/C19H26N2O3/c1-15(2)23-13-7-12-21(14-18-11-10-16(3)24-18)19(22)20-17-8-5-4-6-9-17/h4-6,8-11,15H,7,12-14H2,1-3H3,(H,20,22). The number of ether oxygens (including phenoxy) is 1. The highest BCUT2D eigenvalue weighted by molar-refractivity contribution is 5.89. The molecule has 0 atom stereocenters. The van der Waals surface area contributed by atoms with Gasteiger partial charge in [0.2, 0.25) is 0 Å². The van der Waals surface area contributed by atoms with Gasteiger partial charge in [0.05, 0.1) is 12.6 Å². The summed E-state index contributed by atoms with van der Waals surface area (Å²) in [6.07, 6.45) is 0.976. The number of carbonyl (C=O) groups is 1. The number of benzene rings is 1. The van der Waals surface area contributed by atoms with Gasteiger partial charge in [-0.15, -0.1) is 0 Å². The molecule has 0 saturated heterocycles. The first kappa shape index (κ1) is 18.1. The van der Waals surface area contributed by atoms with Gasteiger partial charge in [-0.1, -0.05) is 18.2 Å². The number of carbonyl (C=O) groups excluding carboxylic acids is 1. The number of furan rings is 1.